The third-order valence-corrected chi connectivity index (χ3v) is 1.74. The van der Waals surface area contributed by atoms with E-state index in [4.69, 9.17) is 15.9 Å². The number of nitrogens with two attached hydrogens (primary N) is 1. The van der Waals surface area contributed by atoms with Crippen LogP contribution in [0.25, 0.3) is 11.2 Å². The molecule has 2 rings (SSSR count). The Morgan fingerprint density at radius 3 is 2.41 bits per heavy atom. The van der Waals surface area contributed by atoms with E-state index in [1.54, 1.807) is 0 Å². The highest BCUT2D eigenvalue weighted by Crippen LogP contribution is 1.94. The zero-order valence-electron chi connectivity index (χ0n) is 8.62. The number of carbonyl (C=O) groups is 1. The van der Waals surface area contributed by atoms with E-state index in [0.29, 0.717) is 11.2 Å². The summed E-state index contributed by atoms with van der Waals surface area (Å²) in [6, 6.07) is -1.13. The number of aromatic amines is 2. The van der Waals surface area contributed by atoms with E-state index in [1.807, 2.05) is 0 Å². The quantitative estimate of drug-likeness (QED) is 0.408. The summed E-state index contributed by atoms with van der Waals surface area (Å²) in [7, 11) is 0. The van der Waals surface area contributed by atoms with Crippen LogP contribution in [0.2, 0.25) is 0 Å². The third-order valence-electron chi connectivity index (χ3n) is 1.74. The first-order chi connectivity index (χ1) is 8.06. The number of nitrogens with one attached hydrogen (secondary N) is 2. The van der Waals surface area contributed by atoms with Gasteiger partial charge in [-0.3, -0.25) is 9.59 Å². The van der Waals surface area contributed by atoms with Gasteiger partial charge in [0.25, 0.3) is 5.56 Å². The van der Waals surface area contributed by atoms with Crippen molar-refractivity contribution in [2.45, 2.75) is 6.04 Å². The fourth-order valence-corrected chi connectivity index (χ4v) is 0.854. The van der Waals surface area contributed by atoms with Crippen LogP contribution in [0.3, 0.4) is 0 Å². The van der Waals surface area contributed by atoms with Crippen molar-refractivity contribution in [1.29, 1.82) is 0 Å². The summed E-state index contributed by atoms with van der Waals surface area (Å²) in [6.45, 7) is -0.505. The summed E-state index contributed by atoms with van der Waals surface area (Å²) in [4.78, 5) is 33.2. The minimum absolute atomic E-state index is 0.192. The fraction of sp³-hybridized carbons (Fsp3) is 0.250. The molecule has 17 heavy (non-hydrogen) atoms. The van der Waals surface area contributed by atoms with Crippen LogP contribution in [-0.2, 0) is 4.79 Å². The Balaban J connectivity index is 0.000000185. The minimum atomic E-state index is -1.18. The van der Waals surface area contributed by atoms with Gasteiger partial charge in [0.15, 0.2) is 11.2 Å². The first kappa shape index (κ1) is 12.8. The SMILES string of the molecule is N[C@@H](CO)C(=O)O.O=c1[nH]cnc2nc[nH]c12. The predicted octanol–water partition coefficient (Wildman–Crippen LogP) is -1.96. The van der Waals surface area contributed by atoms with Gasteiger partial charge in [-0.15, -0.1) is 0 Å². The van der Waals surface area contributed by atoms with Gasteiger partial charge in [-0.2, -0.15) is 0 Å². The lowest BCUT2D eigenvalue weighted by Crippen LogP contribution is -2.33. The highest BCUT2D eigenvalue weighted by molar-refractivity contribution is 5.73. The molecule has 0 aliphatic heterocycles. The topological polar surface area (TPSA) is 158 Å². The number of carboxylic acids is 1. The van der Waals surface area contributed by atoms with Crippen molar-refractivity contribution in [2.75, 3.05) is 6.61 Å². The van der Waals surface area contributed by atoms with Crippen molar-refractivity contribution in [2.24, 2.45) is 5.73 Å². The van der Waals surface area contributed by atoms with Crippen LogP contribution in [0.4, 0.5) is 0 Å². The number of fused-ring (bicyclic) bond motifs is 1. The summed E-state index contributed by atoms with van der Waals surface area (Å²) in [5, 5.41) is 15.9. The maximum Gasteiger partial charge on any atom is 0.322 e. The normalized spacial score (nSPS) is 11.6. The highest BCUT2D eigenvalue weighted by Gasteiger charge is 2.07. The summed E-state index contributed by atoms with van der Waals surface area (Å²) in [6.07, 6.45) is 2.76. The maximum absolute atomic E-state index is 10.9. The smallest absolute Gasteiger partial charge is 0.322 e. The Morgan fingerprint density at radius 2 is 2.00 bits per heavy atom. The second-order valence-corrected chi connectivity index (χ2v) is 2.96. The molecule has 92 valence electrons. The van der Waals surface area contributed by atoms with Gasteiger partial charge in [-0.05, 0) is 0 Å². The van der Waals surface area contributed by atoms with Crippen molar-refractivity contribution >= 4 is 17.1 Å². The van der Waals surface area contributed by atoms with E-state index in [0.717, 1.165) is 0 Å². The monoisotopic (exact) mass is 241 g/mol. The maximum atomic E-state index is 10.9. The number of aliphatic hydroxyl groups excluding tert-OH is 1. The van der Waals surface area contributed by atoms with E-state index in [-0.39, 0.29) is 5.56 Å². The van der Waals surface area contributed by atoms with E-state index >= 15 is 0 Å². The van der Waals surface area contributed by atoms with Crippen LogP contribution in [0.1, 0.15) is 0 Å². The molecular formula is C8H11N5O4. The average molecular weight is 241 g/mol. The molecule has 0 bridgehead atoms. The van der Waals surface area contributed by atoms with E-state index < -0.39 is 18.6 Å². The lowest BCUT2D eigenvalue weighted by molar-refractivity contribution is -0.139. The molecule has 9 nitrogen and oxygen atoms in total. The number of aromatic nitrogens is 4. The summed E-state index contributed by atoms with van der Waals surface area (Å²) in [5.41, 5.74) is 5.44. The van der Waals surface area contributed by atoms with Gasteiger partial charge < -0.3 is 25.9 Å². The molecule has 0 aromatic carbocycles. The van der Waals surface area contributed by atoms with Gasteiger partial charge in [0.2, 0.25) is 0 Å². The number of hydrogen-bond acceptors (Lipinski definition) is 6. The lowest BCUT2D eigenvalue weighted by Gasteiger charge is -1.96. The van der Waals surface area contributed by atoms with Crippen LogP contribution in [0, 0.1) is 0 Å². The van der Waals surface area contributed by atoms with Gasteiger partial charge >= 0.3 is 5.97 Å². The van der Waals surface area contributed by atoms with Crippen LogP contribution in [-0.4, -0.2) is 48.8 Å². The zero-order valence-corrected chi connectivity index (χ0v) is 8.62. The van der Waals surface area contributed by atoms with E-state index in [1.165, 1.54) is 12.7 Å². The average Bonchev–Trinajstić information content (AvgIpc) is 2.78. The first-order valence-corrected chi connectivity index (χ1v) is 4.52. The van der Waals surface area contributed by atoms with Crippen molar-refractivity contribution < 1.29 is 15.0 Å². The molecule has 0 aliphatic rings. The van der Waals surface area contributed by atoms with Gasteiger partial charge in [0.05, 0.1) is 19.3 Å². The lowest BCUT2D eigenvalue weighted by atomic mass is 10.3. The number of H-pyrrole nitrogens is 2. The second kappa shape index (κ2) is 5.72. The fourth-order valence-electron chi connectivity index (χ4n) is 0.854. The first-order valence-electron chi connectivity index (χ1n) is 4.52. The van der Waals surface area contributed by atoms with Crippen molar-refractivity contribution in [3.05, 3.63) is 23.0 Å². The Hall–Kier alpha value is -2.26. The van der Waals surface area contributed by atoms with Crippen LogP contribution >= 0.6 is 0 Å². The number of nitrogens with zero attached hydrogens (tertiary/aromatic N) is 2. The number of aliphatic carboxylic acids is 1. The number of aliphatic hydroxyl groups is 1. The van der Waals surface area contributed by atoms with Gasteiger partial charge in [0, 0.05) is 0 Å². The molecule has 0 spiro atoms. The molecule has 9 heteroatoms. The summed E-state index contributed by atoms with van der Waals surface area (Å²) in [5.74, 6) is -1.18. The Kier molecular flexibility index (Phi) is 4.31. The molecule has 0 unspecified atom stereocenters. The highest BCUT2D eigenvalue weighted by atomic mass is 16.4. The molecule has 2 aromatic heterocycles. The number of rotatable bonds is 2. The van der Waals surface area contributed by atoms with Gasteiger partial charge in [-0.1, -0.05) is 0 Å². The van der Waals surface area contributed by atoms with Crippen LogP contribution < -0.4 is 11.3 Å². The molecule has 0 saturated heterocycles. The molecule has 1 atom stereocenters. The molecular weight excluding hydrogens is 230 g/mol. The van der Waals surface area contributed by atoms with Gasteiger partial charge in [0.1, 0.15) is 6.04 Å². The van der Waals surface area contributed by atoms with Crippen molar-refractivity contribution in [3.8, 4) is 0 Å². The van der Waals surface area contributed by atoms with Crippen molar-refractivity contribution in [3.63, 3.8) is 0 Å². The molecule has 0 radical (unpaired) electrons. The van der Waals surface area contributed by atoms with Crippen LogP contribution in [0.15, 0.2) is 17.4 Å². The van der Waals surface area contributed by atoms with Crippen molar-refractivity contribution in [1.82, 2.24) is 19.9 Å². The largest absolute Gasteiger partial charge is 0.480 e. The minimum Gasteiger partial charge on any atom is -0.480 e. The molecule has 6 N–H and O–H groups in total. The van der Waals surface area contributed by atoms with Crippen LogP contribution in [0.5, 0.6) is 0 Å². The van der Waals surface area contributed by atoms with Gasteiger partial charge in [-0.25, -0.2) is 9.97 Å². The number of hydrogen-bond donors (Lipinski definition) is 5. The number of imidazole rings is 1. The molecule has 0 aliphatic carbocycles. The summed E-state index contributed by atoms with van der Waals surface area (Å²) < 4.78 is 0. The molecule has 0 fully saturated rings. The molecule has 2 heterocycles. The van der Waals surface area contributed by atoms with E-state index in [2.05, 4.69) is 19.9 Å². The van der Waals surface area contributed by atoms with E-state index in [9.17, 15) is 9.59 Å². The summed E-state index contributed by atoms with van der Waals surface area (Å²) >= 11 is 0. The second-order valence-electron chi connectivity index (χ2n) is 2.96. The zero-order chi connectivity index (χ0) is 12.8. The standard InChI is InChI=1S/C5H4N4O.C3H7NO3/c10-5-3-4(7-1-6-3)8-2-9-5;4-2(1-5)3(6)7/h1-2H,(H2,6,7,8,9,10);2,5H,1,4H2,(H,6,7)/t;2-/m.0/s1. The third kappa shape index (κ3) is 3.36. The Bertz CT molecular complexity index is 548. The molecule has 0 amide bonds. The molecule has 0 saturated carbocycles. The number of carboxylic acid groups (broad SMARTS) is 1. The molecule has 2 aromatic rings. The predicted molar refractivity (Wildman–Crippen MR) is 57.2 cm³/mol. The Morgan fingerprint density at radius 1 is 1.41 bits per heavy atom. The Labute approximate surface area is 94.3 Å².